The van der Waals surface area contributed by atoms with Gasteiger partial charge in [0.1, 0.15) is 6.10 Å². The first-order chi connectivity index (χ1) is 12.3. The van der Waals surface area contributed by atoms with Gasteiger partial charge in [-0.05, 0) is 38.6 Å². The monoisotopic (exact) mass is 347 g/mol. The summed E-state index contributed by atoms with van der Waals surface area (Å²) in [5.74, 6) is 2.74. The van der Waals surface area contributed by atoms with Gasteiger partial charge in [-0.2, -0.15) is 4.98 Å². The molecule has 0 spiro atoms. The maximum atomic E-state index is 5.97. The Kier molecular flexibility index (Phi) is 5.07. The normalized spacial score (nSPS) is 24.8. The Labute approximate surface area is 146 Å². The zero-order valence-electron chi connectivity index (χ0n) is 14.7. The average Bonchev–Trinajstić information content (AvgIpc) is 3.37. The first-order valence-corrected chi connectivity index (χ1v) is 9.34. The summed E-state index contributed by atoms with van der Waals surface area (Å²) in [6.07, 6.45) is 7.12. The molecule has 2 aliphatic heterocycles. The second-order valence-corrected chi connectivity index (χ2v) is 6.82. The molecule has 0 bridgehead atoms. The number of hydrogen-bond acceptors (Lipinski definition) is 8. The number of piperidine rings is 1. The summed E-state index contributed by atoms with van der Waals surface area (Å²) in [6, 6.07) is 0.115. The summed E-state index contributed by atoms with van der Waals surface area (Å²) in [6.45, 7) is 4.50. The average molecular weight is 347 g/mol. The lowest BCUT2D eigenvalue weighted by molar-refractivity contribution is 0.0788. The quantitative estimate of drug-likeness (QED) is 0.788. The molecular weight excluding hydrogens is 322 g/mol. The van der Waals surface area contributed by atoms with Crippen LogP contribution in [0.25, 0.3) is 0 Å². The smallest absolute Gasteiger partial charge is 0.245 e. The van der Waals surface area contributed by atoms with Gasteiger partial charge in [0.2, 0.25) is 17.7 Å². The van der Waals surface area contributed by atoms with Crippen molar-refractivity contribution in [3.63, 3.8) is 0 Å². The van der Waals surface area contributed by atoms with Crippen LogP contribution in [0.3, 0.4) is 0 Å². The molecule has 4 rings (SSSR count). The summed E-state index contributed by atoms with van der Waals surface area (Å²) < 4.78 is 16.9. The minimum absolute atomic E-state index is 0.0351. The van der Waals surface area contributed by atoms with Crippen molar-refractivity contribution < 1.29 is 13.7 Å². The van der Waals surface area contributed by atoms with E-state index in [2.05, 4.69) is 32.2 Å². The van der Waals surface area contributed by atoms with Crippen LogP contribution in [-0.2, 0) is 17.7 Å². The number of hydrogen-bond donors (Lipinski definition) is 0. The second kappa shape index (κ2) is 7.61. The molecule has 8 nitrogen and oxygen atoms in total. The van der Waals surface area contributed by atoms with Crippen LogP contribution in [0.2, 0.25) is 0 Å². The summed E-state index contributed by atoms with van der Waals surface area (Å²) >= 11 is 0. The van der Waals surface area contributed by atoms with Crippen LogP contribution in [0.5, 0.6) is 0 Å². The van der Waals surface area contributed by atoms with Crippen molar-refractivity contribution in [2.45, 2.75) is 70.6 Å². The van der Waals surface area contributed by atoms with Gasteiger partial charge < -0.3 is 13.7 Å². The number of ether oxygens (including phenoxy) is 1. The van der Waals surface area contributed by atoms with Crippen molar-refractivity contribution in [2.24, 2.45) is 0 Å². The van der Waals surface area contributed by atoms with Crippen LogP contribution in [0, 0.1) is 0 Å². The summed E-state index contributed by atoms with van der Waals surface area (Å²) in [5, 5.41) is 12.6. The molecule has 0 N–H and O–H groups in total. The molecule has 2 aliphatic rings. The number of rotatable bonds is 6. The molecular formula is C17H25N5O3. The van der Waals surface area contributed by atoms with Gasteiger partial charge in [-0.25, -0.2) is 0 Å². The van der Waals surface area contributed by atoms with Crippen molar-refractivity contribution in [2.75, 3.05) is 13.2 Å². The highest BCUT2D eigenvalue weighted by Crippen LogP contribution is 2.34. The predicted octanol–water partition coefficient (Wildman–Crippen LogP) is 2.98. The van der Waals surface area contributed by atoms with Crippen LogP contribution in [0.15, 0.2) is 8.94 Å². The minimum atomic E-state index is -0.0351. The molecule has 0 aliphatic carbocycles. The van der Waals surface area contributed by atoms with Gasteiger partial charge in [-0.3, -0.25) is 4.90 Å². The summed E-state index contributed by atoms with van der Waals surface area (Å²) in [4.78, 5) is 6.80. The molecule has 2 fully saturated rings. The fraction of sp³-hybridized carbons (Fsp3) is 0.765. The Morgan fingerprint density at radius 2 is 2.04 bits per heavy atom. The molecule has 0 saturated carbocycles. The maximum Gasteiger partial charge on any atom is 0.245 e. The zero-order chi connectivity index (χ0) is 17.1. The van der Waals surface area contributed by atoms with Gasteiger partial charge in [0, 0.05) is 13.0 Å². The Morgan fingerprint density at radius 3 is 2.88 bits per heavy atom. The van der Waals surface area contributed by atoms with Gasteiger partial charge in [0.05, 0.1) is 12.6 Å². The molecule has 2 atom stereocenters. The Bertz CT molecular complexity index is 679. The molecule has 1 unspecified atom stereocenters. The highest BCUT2D eigenvalue weighted by molar-refractivity contribution is 4.97. The SMILES string of the molecule is CCCc1nc(CN2CCCCC2c2nnc([C@H]3CCCO3)o2)no1. The van der Waals surface area contributed by atoms with Gasteiger partial charge in [0.15, 0.2) is 5.82 Å². The van der Waals surface area contributed by atoms with E-state index in [1.165, 1.54) is 0 Å². The third-order valence-electron chi connectivity index (χ3n) is 4.88. The van der Waals surface area contributed by atoms with E-state index in [0.717, 1.165) is 63.9 Å². The summed E-state index contributed by atoms with van der Waals surface area (Å²) in [5.41, 5.74) is 0. The number of likely N-dealkylation sites (tertiary alicyclic amines) is 1. The fourth-order valence-corrected chi connectivity index (χ4v) is 3.60. The largest absolute Gasteiger partial charge is 0.421 e. The van der Waals surface area contributed by atoms with E-state index in [9.17, 15) is 0 Å². The first kappa shape index (κ1) is 16.7. The molecule has 0 aromatic carbocycles. The van der Waals surface area contributed by atoms with Crippen molar-refractivity contribution >= 4 is 0 Å². The van der Waals surface area contributed by atoms with E-state index in [-0.39, 0.29) is 12.1 Å². The molecule has 2 saturated heterocycles. The van der Waals surface area contributed by atoms with Crippen molar-refractivity contribution in [1.29, 1.82) is 0 Å². The lowest BCUT2D eigenvalue weighted by Crippen LogP contribution is -2.33. The Morgan fingerprint density at radius 1 is 1.12 bits per heavy atom. The van der Waals surface area contributed by atoms with Crippen molar-refractivity contribution in [3.8, 4) is 0 Å². The number of nitrogens with zero attached hydrogens (tertiary/aromatic N) is 5. The molecule has 2 aromatic heterocycles. The van der Waals surface area contributed by atoms with Gasteiger partial charge in [0.25, 0.3) is 0 Å². The predicted molar refractivity (Wildman–Crippen MR) is 87.5 cm³/mol. The second-order valence-electron chi connectivity index (χ2n) is 6.82. The Hall–Kier alpha value is -1.80. The van der Waals surface area contributed by atoms with Crippen LogP contribution in [-0.4, -0.2) is 38.4 Å². The topological polar surface area (TPSA) is 90.3 Å². The molecule has 0 amide bonds. The van der Waals surface area contributed by atoms with Gasteiger partial charge >= 0.3 is 0 Å². The van der Waals surface area contributed by atoms with E-state index in [1.807, 2.05) is 0 Å². The van der Waals surface area contributed by atoms with Crippen LogP contribution >= 0.6 is 0 Å². The van der Waals surface area contributed by atoms with Crippen molar-refractivity contribution in [1.82, 2.24) is 25.2 Å². The molecule has 4 heterocycles. The third-order valence-corrected chi connectivity index (χ3v) is 4.88. The fourth-order valence-electron chi connectivity index (χ4n) is 3.60. The van der Waals surface area contributed by atoms with Gasteiger partial charge in [-0.1, -0.05) is 18.5 Å². The van der Waals surface area contributed by atoms with E-state index in [4.69, 9.17) is 13.7 Å². The highest BCUT2D eigenvalue weighted by atomic mass is 16.5. The molecule has 8 heteroatoms. The third kappa shape index (κ3) is 3.74. The summed E-state index contributed by atoms with van der Waals surface area (Å²) in [7, 11) is 0. The highest BCUT2D eigenvalue weighted by Gasteiger charge is 2.31. The number of aromatic nitrogens is 4. The zero-order valence-corrected chi connectivity index (χ0v) is 14.7. The lowest BCUT2D eigenvalue weighted by atomic mass is 10.0. The van der Waals surface area contributed by atoms with Crippen LogP contribution in [0.4, 0.5) is 0 Å². The van der Waals surface area contributed by atoms with Crippen LogP contribution < -0.4 is 0 Å². The van der Waals surface area contributed by atoms with Crippen LogP contribution in [0.1, 0.15) is 81.1 Å². The van der Waals surface area contributed by atoms with E-state index in [1.54, 1.807) is 0 Å². The van der Waals surface area contributed by atoms with E-state index >= 15 is 0 Å². The van der Waals surface area contributed by atoms with E-state index < -0.39 is 0 Å². The van der Waals surface area contributed by atoms with Gasteiger partial charge in [-0.15, -0.1) is 10.2 Å². The number of aryl methyl sites for hydroxylation is 1. The molecule has 2 aromatic rings. The lowest BCUT2D eigenvalue weighted by Gasteiger charge is -2.32. The first-order valence-electron chi connectivity index (χ1n) is 9.34. The Balaban J connectivity index is 1.46. The maximum absolute atomic E-state index is 5.97. The minimum Gasteiger partial charge on any atom is -0.421 e. The molecule has 25 heavy (non-hydrogen) atoms. The molecule has 136 valence electrons. The standard InChI is InChI=1S/C17H25N5O3/c1-2-6-15-18-14(21-25-15)11-22-9-4-3-7-12(22)16-19-20-17(24-16)13-8-5-10-23-13/h12-13H,2-11H2,1H3/t12?,13-/m1/s1. The molecule has 0 radical (unpaired) electrons. The van der Waals surface area contributed by atoms with Crippen molar-refractivity contribution in [3.05, 3.63) is 23.5 Å². The van der Waals surface area contributed by atoms with E-state index in [0.29, 0.717) is 24.2 Å².